The van der Waals surface area contributed by atoms with Crippen LogP contribution in [0.15, 0.2) is 60.7 Å². The minimum Gasteiger partial charge on any atom is -0.349 e. The van der Waals surface area contributed by atoms with Gasteiger partial charge in [-0.25, -0.2) is 4.98 Å². The van der Waals surface area contributed by atoms with Gasteiger partial charge in [0.05, 0.1) is 6.04 Å². The summed E-state index contributed by atoms with van der Waals surface area (Å²) in [7, 11) is 2.01. The van der Waals surface area contributed by atoms with Crippen molar-refractivity contribution < 1.29 is 4.79 Å². The molecule has 35 heavy (non-hydrogen) atoms. The number of likely N-dealkylation sites (tertiary alicyclic amines) is 1. The number of aryl methyl sites for hydroxylation is 1. The van der Waals surface area contributed by atoms with E-state index in [1.807, 2.05) is 23.9 Å². The molecule has 6 nitrogen and oxygen atoms in total. The molecule has 0 spiro atoms. The first-order chi connectivity index (χ1) is 17.2. The number of carbonyl (C=O) groups is 1. The molecule has 2 heterocycles. The first-order valence-electron chi connectivity index (χ1n) is 13.2. The Bertz CT molecular complexity index is 1080. The maximum absolute atomic E-state index is 12.7. The molecule has 2 aliphatic rings. The van der Waals surface area contributed by atoms with Crippen LogP contribution in [0.1, 0.15) is 73.3 Å². The smallest absolute Gasteiger partial charge is 0.223 e. The summed E-state index contributed by atoms with van der Waals surface area (Å²) in [6, 6.07) is 21.0. The molecule has 0 unspecified atom stereocenters. The van der Waals surface area contributed by atoms with Gasteiger partial charge < -0.3 is 10.2 Å². The summed E-state index contributed by atoms with van der Waals surface area (Å²) in [4.78, 5) is 20.1. The van der Waals surface area contributed by atoms with Gasteiger partial charge in [0.15, 0.2) is 5.82 Å². The third kappa shape index (κ3) is 5.99. The summed E-state index contributed by atoms with van der Waals surface area (Å²) < 4.78 is 1.95. The zero-order valence-corrected chi connectivity index (χ0v) is 20.8. The van der Waals surface area contributed by atoms with Crippen molar-refractivity contribution in [1.82, 2.24) is 25.0 Å². The fourth-order valence-electron chi connectivity index (χ4n) is 5.24. The van der Waals surface area contributed by atoms with Gasteiger partial charge in [-0.1, -0.05) is 67.1 Å². The van der Waals surface area contributed by atoms with Gasteiger partial charge in [0, 0.05) is 31.8 Å². The molecule has 5 rings (SSSR count). The molecule has 1 amide bonds. The predicted octanol–water partition coefficient (Wildman–Crippen LogP) is 4.63. The van der Waals surface area contributed by atoms with Crippen molar-refractivity contribution in [3.63, 3.8) is 0 Å². The number of hydrogen-bond acceptors (Lipinski definition) is 4. The number of nitrogens with zero attached hydrogens (tertiary/aromatic N) is 4. The first kappa shape index (κ1) is 23.7. The Hall–Kier alpha value is -2.99. The van der Waals surface area contributed by atoms with E-state index in [1.165, 1.54) is 17.5 Å². The van der Waals surface area contributed by atoms with Crippen molar-refractivity contribution in [2.75, 3.05) is 19.6 Å². The molecule has 2 aromatic carbocycles. The van der Waals surface area contributed by atoms with E-state index in [9.17, 15) is 4.79 Å². The number of amides is 1. The lowest BCUT2D eigenvalue weighted by Gasteiger charge is -2.33. The molecule has 1 aliphatic heterocycles. The average Bonchev–Trinajstić information content (AvgIpc) is 3.22. The lowest BCUT2D eigenvalue weighted by Crippen LogP contribution is -2.39. The van der Waals surface area contributed by atoms with E-state index in [1.54, 1.807) is 0 Å². The van der Waals surface area contributed by atoms with Crippen molar-refractivity contribution in [3.8, 4) is 0 Å². The number of aromatic nitrogens is 3. The van der Waals surface area contributed by atoms with Gasteiger partial charge >= 0.3 is 0 Å². The lowest BCUT2D eigenvalue weighted by atomic mass is 9.84. The van der Waals surface area contributed by atoms with E-state index in [0.717, 1.165) is 69.8 Å². The van der Waals surface area contributed by atoms with Gasteiger partial charge in [-0.3, -0.25) is 9.48 Å². The van der Waals surface area contributed by atoms with Gasteiger partial charge in [-0.2, -0.15) is 5.10 Å². The topological polar surface area (TPSA) is 63.1 Å². The summed E-state index contributed by atoms with van der Waals surface area (Å²) in [5.74, 6) is 2.89. The fourth-order valence-corrected chi connectivity index (χ4v) is 5.24. The highest BCUT2D eigenvalue weighted by Crippen LogP contribution is 2.29. The molecular formula is C29H37N5O. The highest BCUT2D eigenvalue weighted by atomic mass is 16.2. The molecule has 2 fully saturated rings. The van der Waals surface area contributed by atoms with Crippen LogP contribution in [0.3, 0.4) is 0 Å². The van der Waals surface area contributed by atoms with Crippen LogP contribution in [-0.4, -0.2) is 45.2 Å². The Kier molecular flexibility index (Phi) is 7.57. The quantitative estimate of drug-likeness (QED) is 0.494. The summed E-state index contributed by atoms with van der Waals surface area (Å²) in [6.45, 7) is 3.09. The first-order valence-corrected chi connectivity index (χ1v) is 13.2. The van der Waals surface area contributed by atoms with Gasteiger partial charge in [0.2, 0.25) is 5.91 Å². The van der Waals surface area contributed by atoms with Crippen molar-refractivity contribution in [3.05, 3.63) is 83.4 Å². The molecule has 3 aromatic rings. The Morgan fingerprint density at radius 1 is 1.00 bits per heavy atom. The summed E-state index contributed by atoms with van der Waals surface area (Å²) in [5.41, 5.74) is 2.47. The van der Waals surface area contributed by atoms with Crippen molar-refractivity contribution in [2.24, 2.45) is 13.0 Å². The number of rotatable bonds is 9. The van der Waals surface area contributed by atoms with Crippen LogP contribution in [-0.2, 0) is 18.3 Å². The second kappa shape index (κ2) is 11.2. The van der Waals surface area contributed by atoms with Crippen molar-refractivity contribution in [1.29, 1.82) is 0 Å². The van der Waals surface area contributed by atoms with E-state index < -0.39 is 0 Å². The van der Waals surface area contributed by atoms with Crippen LogP contribution < -0.4 is 5.32 Å². The van der Waals surface area contributed by atoms with Crippen molar-refractivity contribution in [2.45, 2.75) is 56.9 Å². The molecule has 6 heteroatoms. The van der Waals surface area contributed by atoms with Gasteiger partial charge in [-0.05, 0) is 56.3 Å². The molecule has 0 bridgehead atoms. The molecule has 0 radical (unpaired) electrons. The average molecular weight is 472 g/mol. The molecular weight excluding hydrogens is 434 g/mol. The monoisotopic (exact) mass is 471 g/mol. The molecule has 1 saturated heterocycles. The lowest BCUT2D eigenvalue weighted by molar-refractivity contribution is -0.128. The molecule has 1 saturated carbocycles. The van der Waals surface area contributed by atoms with E-state index >= 15 is 0 Å². The normalized spacial score (nSPS) is 18.2. The second-order valence-corrected chi connectivity index (χ2v) is 10.2. The maximum atomic E-state index is 12.7. The van der Waals surface area contributed by atoms with Crippen molar-refractivity contribution >= 4 is 5.91 Å². The Balaban J connectivity index is 1.14. The van der Waals surface area contributed by atoms with E-state index in [2.05, 4.69) is 58.7 Å². The number of piperidine rings is 1. The fraction of sp³-hybridized carbons (Fsp3) is 0.483. The SMILES string of the molecule is Cn1nc(C2CCN(CC[C@H](NC(=O)C3CCC3)c3ccccc3)CC2)nc1Cc1ccccc1. The third-order valence-corrected chi connectivity index (χ3v) is 7.76. The van der Waals surface area contributed by atoms with E-state index in [-0.39, 0.29) is 17.9 Å². The van der Waals surface area contributed by atoms with Gasteiger partial charge in [0.1, 0.15) is 5.82 Å². The highest BCUT2D eigenvalue weighted by molar-refractivity contribution is 5.79. The summed E-state index contributed by atoms with van der Waals surface area (Å²) in [5, 5.41) is 8.12. The Labute approximate surface area is 208 Å². The predicted molar refractivity (Wildman–Crippen MR) is 138 cm³/mol. The van der Waals surface area contributed by atoms with Crippen LogP contribution in [0.25, 0.3) is 0 Å². The molecule has 1 aliphatic carbocycles. The Morgan fingerprint density at radius 3 is 2.34 bits per heavy atom. The van der Waals surface area contributed by atoms with Gasteiger partial charge in [-0.15, -0.1) is 0 Å². The summed E-state index contributed by atoms with van der Waals surface area (Å²) >= 11 is 0. The number of hydrogen-bond donors (Lipinski definition) is 1. The summed E-state index contributed by atoms with van der Waals surface area (Å²) in [6.07, 6.45) is 7.18. The zero-order chi connectivity index (χ0) is 24.0. The largest absolute Gasteiger partial charge is 0.349 e. The van der Waals surface area contributed by atoms with Crippen LogP contribution in [0.2, 0.25) is 0 Å². The molecule has 184 valence electrons. The van der Waals surface area contributed by atoms with E-state index in [0.29, 0.717) is 5.92 Å². The second-order valence-electron chi connectivity index (χ2n) is 10.2. The van der Waals surface area contributed by atoms with Crippen LogP contribution in [0.5, 0.6) is 0 Å². The van der Waals surface area contributed by atoms with Gasteiger partial charge in [0.25, 0.3) is 0 Å². The molecule has 1 atom stereocenters. The van der Waals surface area contributed by atoms with Crippen LogP contribution >= 0.6 is 0 Å². The third-order valence-electron chi connectivity index (χ3n) is 7.76. The zero-order valence-electron chi connectivity index (χ0n) is 20.8. The number of carbonyl (C=O) groups excluding carboxylic acids is 1. The minimum atomic E-state index is 0.0834. The molecule has 1 aromatic heterocycles. The number of nitrogens with one attached hydrogen (secondary N) is 1. The number of benzene rings is 2. The molecule has 1 N–H and O–H groups in total. The standard InChI is InChI=1S/C29H37N5O/c1-33-27(21-22-9-4-2-5-10-22)31-28(32-33)24-15-18-34(19-16-24)20-17-26(23-11-6-3-7-12-23)30-29(35)25-13-8-14-25/h2-7,9-12,24-26H,8,13-21H2,1H3,(H,30,35)/t26-/m0/s1. The van der Waals surface area contributed by atoms with E-state index in [4.69, 9.17) is 10.1 Å². The minimum absolute atomic E-state index is 0.0834. The van der Waals surface area contributed by atoms with Crippen LogP contribution in [0.4, 0.5) is 0 Å². The Morgan fingerprint density at radius 2 is 1.69 bits per heavy atom. The van der Waals surface area contributed by atoms with Crippen LogP contribution in [0, 0.1) is 5.92 Å². The maximum Gasteiger partial charge on any atom is 0.223 e. The highest BCUT2D eigenvalue weighted by Gasteiger charge is 2.28.